The monoisotopic (exact) mass is 433 g/mol. The van der Waals surface area contributed by atoms with Crippen LogP contribution in [0.3, 0.4) is 0 Å². The first kappa shape index (κ1) is 21.4. The number of aryl methyl sites for hydroxylation is 1. The third kappa shape index (κ3) is 4.44. The first-order valence-electron chi connectivity index (χ1n) is 10.5. The molecule has 1 aromatic heterocycles. The van der Waals surface area contributed by atoms with Gasteiger partial charge in [-0.15, -0.1) is 10.2 Å². The fourth-order valence-electron chi connectivity index (χ4n) is 3.80. The van der Waals surface area contributed by atoms with Crippen molar-refractivity contribution in [3.63, 3.8) is 0 Å². The number of hydrogen-bond acceptors (Lipinski definition) is 6. The van der Waals surface area contributed by atoms with Gasteiger partial charge in [0.15, 0.2) is 5.82 Å². The summed E-state index contributed by atoms with van der Waals surface area (Å²) in [5, 5.41) is 11.8. The van der Waals surface area contributed by atoms with Crippen molar-refractivity contribution in [3.05, 3.63) is 60.2 Å². The number of hydrogen-bond donors (Lipinski definition) is 1. The summed E-state index contributed by atoms with van der Waals surface area (Å²) in [7, 11) is 3.13. The number of rotatable bonds is 5. The number of piperazine rings is 1. The van der Waals surface area contributed by atoms with Crippen molar-refractivity contribution in [2.45, 2.75) is 6.92 Å². The van der Waals surface area contributed by atoms with Gasteiger partial charge in [-0.2, -0.15) is 0 Å². The molecule has 0 radical (unpaired) electrons. The number of amides is 2. The van der Waals surface area contributed by atoms with E-state index in [4.69, 9.17) is 9.47 Å². The fourth-order valence-corrected chi connectivity index (χ4v) is 3.80. The van der Waals surface area contributed by atoms with Crippen molar-refractivity contribution in [2.24, 2.45) is 0 Å². The van der Waals surface area contributed by atoms with Gasteiger partial charge in [-0.05, 0) is 36.8 Å². The smallest absolute Gasteiger partial charge is 0.322 e. The van der Waals surface area contributed by atoms with Crippen LogP contribution in [0, 0.1) is 6.92 Å². The van der Waals surface area contributed by atoms with Gasteiger partial charge >= 0.3 is 6.03 Å². The second kappa shape index (κ2) is 9.55. The number of ether oxygens (including phenoxy) is 2. The van der Waals surface area contributed by atoms with Gasteiger partial charge in [-0.25, -0.2) is 4.79 Å². The van der Waals surface area contributed by atoms with Gasteiger partial charge in [0.05, 0.1) is 19.9 Å². The van der Waals surface area contributed by atoms with E-state index in [1.54, 1.807) is 31.3 Å². The average Bonchev–Trinajstić information content (AvgIpc) is 2.84. The molecule has 166 valence electrons. The Hall–Kier alpha value is -3.81. The average molecular weight is 434 g/mol. The highest BCUT2D eigenvalue weighted by Crippen LogP contribution is 2.34. The minimum absolute atomic E-state index is 0.187. The molecule has 1 fully saturated rings. The summed E-state index contributed by atoms with van der Waals surface area (Å²) < 4.78 is 10.7. The number of anilines is 2. The lowest BCUT2D eigenvalue weighted by Crippen LogP contribution is -2.50. The predicted molar refractivity (Wildman–Crippen MR) is 125 cm³/mol. The van der Waals surface area contributed by atoms with Crippen LogP contribution in [-0.4, -0.2) is 61.5 Å². The molecule has 0 atom stereocenters. The van der Waals surface area contributed by atoms with E-state index < -0.39 is 0 Å². The second-order valence-corrected chi connectivity index (χ2v) is 7.53. The van der Waals surface area contributed by atoms with E-state index in [2.05, 4.69) is 33.4 Å². The van der Waals surface area contributed by atoms with Crippen LogP contribution in [0.4, 0.5) is 16.3 Å². The Kier molecular flexibility index (Phi) is 6.39. The van der Waals surface area contributed by atoms with Gasteiger partial charge in [0, 0.05) is 31.7 Å². The topological polar surface area (TPSA) is 79.8 Å². The Morgan fingerprint density at radius 1 is 0.875 bits per heavy atom. The number of para-hydroxylation sites is 1. The molecule has 0 saturated carbocycles. The van der Waals surface area contributed by atoms with E-state index in [1.807, 2.05) is 36.4 Å². The van der Waals surface area contributed by atoms with E-state index in [1.165, 1.54) is 5.56 Å². The SMILES string of the molecule is COc1cccc(OC)c1NC(=O)N1CCN(c2ccc(-c3ccccc3C)nn2)CC1. The number of benzene rings is 2. The van der Waals surface area contributed by atoms with Crippen molar-refractivity contribution in [1.29, 1.82) is 0 Å². The Balaban J connectivity index is 1.38. The highest BCUT2D eigenvalue weighted by Gasteiger charge is 2.24. The molecule has 2 heterocycles. The molecule has 8 nitrogen and oxygen atoms in total. The number of nitrogens with one attached hydrogen (secondary N) is 1. The maximum absolute atomic E-state index is 12.8. The van der Waals surface area contributed by atoms with E-state index >= 15 is 0 Å². The Morgan fingerprint density at radius 3 is 2.16 bits per heavy atom. The van der Waals surface area contributed by atoms with Crippen molar-refractivity contribution in [3.8, 4) is 22.8 Å². The molecule has 2 aromatic carbocycles. The molecule has 2 amide bonds. The summed E-state index contributed by atoms with van der Waals surface area (Å²) in [5.41, 5.74) is 3.64. The van der Waals surface area contributed by atoms with Gasteiger partial charge in [-0.3, -0.25) is 0 Å². The Bertz CT molecular complexity index is 1060. The van der Waals surface area contributed by atoms with Crippen LogP contribution in [0.15, 0.2) is 54.6 Å². The van der Waals surface area contributed by atoms with Crippen LogP contribution in [0.5, 0.6) is 11.5 Å². The van der Waals surface area contributed by atoms with Crippen LogP contribution in [-0.2, 0) is 0 Å². The molecular formula is C24H27N5O3. The molecule has 3 aromatic rings. The summed E-state index contributed by atoms with van der Waals surface area (Å²) in [6.45, 7) is 4.56. The molecule has 8 heteroatoms. The van der Waals surface area contributed by atoms with E-state index in [9.17, 15) is 4.79 Å². The molecule has 1 aliphatic heterocycles. The Morgan fingerprint density at radius 2 is 1.56 bits per heavy atom. The lowest BCUT2D eigenvalue weighted by atomic mass is 10.1. The van der Waals surface area contributed by atoms with Gasteiger partial charge in [0.25, 0.3) is 0 Å². The van der Waals surface area contributed by atoms with Crippen molar-refractivity contribution >= 4 is 17.5 Å². The second-order valence-electron chi connectivity index (χ2n) is 7.53. The molecule has 4 rings (SSSR count). The zero-order valence-electron chi connectivity index (χ0n) is 18.5. The number of nitrogens with zero attached hydrogens (tertiary/aromatic N) is 4. The van der Waals surface area contributed by atoms with Crippen LogP contribution in [0.2, 0.25) is 0 Å². The standard InChI is InChI=1S/C24H27N5O3/c1-17-7-4-5-8-18(17)19-11-12-22(27-26-19)28-13-15-29(16-14-28)24(30)25-23-20(31-2)9-6-10-21(23)32-3/h4-12H,13-16H2,1-3H3,(H,25,30). The lowest BCUT2D eigenvalue weighted by molar-refractivity contribution is 0.207. The van der Waals surface area contributed by atoms with Crippen molar-refractivity contribution < 1.29 is 14.3 Å². The van der Waals surface area contributed by atoms with Crippen molar-refractivity contribution in [2.75, 3.05) is 50.6 Å². The summed E-state index contributed by atoms with van der Waals surface area (Å²) in [6, 6.07) is 17.3. The maximum Gasteiger partial charge on any atom is 0.322 e. The highest BCUT2D eigenvalue weighted by atomic mass is 16.5. The van der Waals surface area contributed by atoms with Crippen LogP contribution in [0.1, 0.15) is 5.56 Å². The molecule has 0 spiro atoms. The molecule has 32 heavy (non-hydrogen) atoms. The first-order chi connectivity index (χ1) is 15.6. The number of carbonyl (C=O) groups is 1. The van der Waals surface area contributed by atoms with E-state index in [-0.39, 0.29) is 6.03 Å². The van der Waals surface area contributed by atoms with Gasteiger partial charge in [0.2, 0.25) is 0 Å². The minimum Gasteiger partial charge on any atom is -0.494 e. The third-order valence-corrected chi connectivity index (χ3v) is 5.62. The first-order valence-corrected chi connectivity index (χ1v) is 10.5. The maximum atomic E-state index is 12.8. The number of methoxy groups -OCH3 is 2. The molecule has 1 N–H and O–H groups in total. The van der Waals surface area contributed by atoms with Crippen LogP contribution < -0.4 is 19.7 Å². The van der Waals surface area contributed by atoms with Gasteiger partial charge in [-0.1, -0.05) is 30.3 Å². The Labute approximate surface area is 187 Å². The van der Waals surface area contributed by atoms with Crippen LogP contribution >= 0.6 is 0 Å². The lowest BCUT2D eigenvalue weighted by Gasteiger charge is -2.35. The normalized spacial score (nSPS) is 13.6. The number of carbonyl (C=O) groups excluding carboxylic acids is 1. The molecule has 0 unspecified atom stereocenters. The molecular weight excluding hydrogens is 406 g/mol. The van der Waals surface area contributed by atoms with Crippen molar-refractivity contribution in [1.82, 2.24) is 15.1 Å². The minimum atomic E-state index is -0.187. The van der Waals surface area contributed by atoms with Gasteiger partial charge < -0.3 is 24.6 Å². The summed E-state index contributed by atoms with van der Waals surface area (Å²) >= 11 is 0. The summed E-state index contributed by atoms with van der Waals surface area (Å²) in [4.78, 5) is 16.8. The molecule has 1 aliphatic rings. The quantitative estimate of drug-likeness (QED) is 0.659. The third-order valence-electron chi connectivity index (χ3n) is 5.62. The van der Waals surface area contributed by atoms with Gasteiger partial charge in [0.1, 0.15) is 17.2 Å². The molecule has 0 bridgehead atoms. The fraction of sp³-hybridized carbons (Fsp3) is 0.292. The zero-order valence-corrected chi connectivity index (χ0v) is 18.5. The molecule has 1 saturated heterocycles. The van der Waals surface area contributed by atoms with E-state index in [0.29, 0.717) is 43.4 Å². The van der Waals surface area contributed by atoms with Crippen LogP contribution in [0.25, 0.3) is 11.3 Å². The highest BCUT2D eigenvalue weighted by molar-refractivity contribution is 5.93. The largest absolute Gasteiger partial charge is 0.494 e. The van der Waals surface area contributed by atoms with E-state index in [0.717, 1.165) is 17.1 Å². The number of aromatic nitrogens is 2. The summed E-state index contributed by atoms with van der Waals surface area (Å²) in [5.74, 6) is 1.93. The zero-order chi connectivity index (χ0) is 22.5. The predicted octanol–water partition coefficient (Wildman–Crippen LogP) is 3.82. The summed E-state index contributed by atoms with van der Waals surface area (Å²) in [6.07, 6.45) is 0. The molecule has 0 aliphatic carbocycles. The number of urea groups is 1.